The number of ether oxygens (including phenoxy) is 1. The van der Waals surface area contributed by atoms with Gasteiger partial charge in [0.15, 0.2) is 5.82 Å². The number of benzene rings is 1. The number of likely N-dealkylation sites (tertiary alicyclic amines) is 1. The van der Waals surface area contributed by atoms with Gasteiger partial charge >= 0.3 is 12.0 Å². The first-order valence-corrected chi connectivity index (χ1v) is 8.41. The lowest BCUT2D eigenvalue weighted by atomic mass is 10.1. The summed E-state index contributed by atoms with van der Waals surface area (Å²) in [6, 6.07) is 10.2. The number of halogens is 1. The Labute approximate surface area is 146 Å². The number of amides is 2. The van der Waals surface area contributed by atoms with Crippen molar-refractivity contribution >= 4 is 6.03 Å². The number of aryl methyl sites for hydroxylation is 1. The lowest BCUT2D eigenvalue weighted by Gasteiger charge is -2.17. The van der Waals surface area contributed by atoms with Crippen LogP contribution >= 0.6 is 0 Å². The van der Waals surface area contributed by atoms with Crippen molar-refractivity contribution in [3.8, 4) is 6.01 Å². The van der Waals surface area contributed by atoms with Gasteiger partial charge in [-0.25, -0.2) is 19.2 Å². The fraction of sp³-hybridized carbons (Fsp3) is 0.389. The number of nitrogens with zero attached hydrogens (tertiary/aromatic N) is 3. The molecule has 0 bridgehead atoms. The summed E-state index contributed by atoms with van der Waals surface area (Å²) in [4.78, 5) is 21.4. The van der Waals surface area contributed by atoms with Gasteiger partial charge in [0, 0.05) is 19.5 Å². The van der Waals surface area contributed by atoms with Crippen LogP contribution in [0.15, 0.2) is 42.7 Å². The summed E-state index contributed by atoms with van der Waals surface area (Å²) < 4.78 is 18.4. The summed E-state index contributed by atoms with van der Waals surface area (Å²) in [7, 11) is 0. The predicted molar refractivity (Wildman–Crippen MR) is 90.8 cm³/mol. The van der Waals surface area contributed by atoms with E-state index in [1.807, 2.05) is 18.2 Å². The van der Waals surface area contributed by atoms with Crippen molar-refractivity contribution in [3.05, 3.63) is 54.1 Å². The predicted octanol–water partition coefficient (Wildman–Crippen LogP) is 2.41. The molecule has 7 heteroatoms. The number of urea groups is 1. The quantitative estimate of drug-likeness (QED) is 0.817. The van der Waals surface area contributed by atoms with E-state index in [2.05, 4.69) is 27.4 Å². The highest BCUT2D eigenvalue weighted by Crippen LogP contribution is 2.15. The second kappa shape index (κ2) is 8.41. The molecule has 3 rings (SSSR count). The Morgan fingerprint density at radius 1 is 1.28 bits per heavy atom. The maximum atomic E-state index is 12.8. The van der Waals surface area contributed by atoms with Crippen LogP contribution in [0.1, 0.15) is 18.4 Å². The fourth-order valence-electron chi connectivity index (χ4n) is 2.76. The first-order chi connectivity index (χ1) is 12.2. The maximum Gasteiger partial charge on any atom is 0.317 e. The monoisotopic (exact) mass is 344 g/mol. The van der Waals surface area contributed by atoms with Crippen molar-refractivity contribution < 1.29 is 13.9 Å². The third-order valence-corrected chi connectivity index (χ3v) is 4.06. The lowest BCUT2D eigenvalue weighted by molar-refractivity contribution is 0.178. The van der Waals surface area contributed by atoms with Gasteiger partial charge < -0.3 is 15.0 Å². The van der Waals surface area contributed by atoms with Crippen LogP contribution in [0, 0.1) is 5.82 Å². The van der Waals surface area contributed by atoms with E-state index in [0.29, 0.717) is 26.1 Å². The Balaban J connectivity index is 1.36. The van der Waals surface area contributed by atoms with Gasteiger partial charge in [-0.3, -0.25) is 0 Å². The Hall–Kier alpha value is -2.70. The summed E-state index contributed by atoms with van der Waals surface area (Å²) in [5.74, 6) is -0.504. The molecule has 25 heavy (non-hydrogen) atoms. The van der Waals surface area contributed by atoms with Gasteiger partial charge in [0.1, 0.15) is 6.10 Å². The number of carbonyl (C=O) groups excluding carboxylic acids is 1. The number of aromatic nitrogens is 2. The molecule has 1 aromatic heterocycles. The Kier molecular flexibility index (Phi) is 5.77. The third-order valence-electron chi connectivity index (χ3n) is 4.06. The molecule has 2 amide bonds. The van der Waals surface area contributed by atoms with Crippen LogP contribution in [0.4, 0.5) is 9.18 Å². The van der Waals surface area contributed by atoms with Crippen molar-refractivity contribution in [3.63, 3.8) is 0 Å². The molecule has 0 spiro atoms. The van der Waals surface area contributed by atoms with Gasteiger partial charge in [-0.15, -0.1) is 0 Å². The maximum absolute atomic E-state index is 12.8. The van der Waals surface area contributed by atoms with Crippen LogP contribution in [-0.2, 0) is 6.42 Å². The summed E-state index contributed by atoms with van der Waals surface area (Å²) in [5, 5.41) is 2.94. The summed E-state index contributed by atoms with van der Waals surface area (Å²) >= 11 is 0. The largest absolute Gasteiger partial charge is 0.458 e. The van der Waals surface area contributed by atoms with Crippen molar-refractivity contribution in [1.29, 1.82) is 0 Å². The SMILES string of the molecule is O=C(NCCCc1ccccc1)N1CCC(Oc2ncc(F)cn2)C1. The zero-order chi connectivity index (χ0) is 17.5. The molecule has 6 nitrogen and oxygen atoms in total. The van der Waals surface area contributed by atoms with Crippen molar-refractivity contribution in [1.82, 2.24) is 20.2 Å². The summed E-state index contributed by atoms with van der Waals surface area (Å²) in [6.45, 7) is 1.73. The van der Waals surface area contributed by atoms with Gasteiger partial charge in [-0.05, 0) is 18.4 Å². The fourth-order valence-corrected chi connectivity index (χ4v) is 2.76. The highest BCUT2D eigenvalue weighted by molar-refractivity contribution is 5.74. The van der Waals surface area contributed by atoms with Crippen LogP contribution in [0.3, 0.4) is 0 Å². The third kappa shape index (κ3) is 5.14. The van der Waals surface area contributed by atoms with Crippen LogP contribution in [0.25, 0.3) is 0 Å². The van der Waals surface area contributed by atoms with Crippen LogP contribution in [-0.4, -0.2) is 46.6 Å². The van der Waals surface area contributed by atoms with E-state index in [9.17, 15) is 9.18 Å². The van der Waals surface area contributed by atoms with E-state index in [1.54, 1.807) is 4.90 Å². The normalized spacial score (nSPS) is 16.7. The van der Waals surface area contributed by atoms with E-state index in [4.69, 9.17) is 4.74 Å². The molecule has 1 N–H and O–H groups in total. The number of nitrogens with one attached hydrogen (secondary N) is 1. The molecule has 1 unspecified atom stereocenters. The number of rotatable bonds is 6. The minimum atomic E-state index is -0.504. The molecule has 132 valence electrons. The van der Waals surface area contributed by atoms with E-state index in [-0.39, 0.29) is 18.1 Å². The molecule has 1 fully saturated rings. The average molecular weight is 344 g/mol. The standard InChI is InChI=1S/C18H21FN4O2/c19-15-11-21-17(22-12-15)25-16-8-10-23(13-16)18(24)20-9-4-7-14-5-2-1-3-6-14/h1-3,5-6,11-12,16H,4,7-10,13H2,(H,20,24). The van der Waals surface area contributed by atoms with E-state index >= 15 is 0 Å². The highest BCUT2D eigenvalue weighted by Gasteiger charge is 2.28. The second-order valence-corrected chi connectivity index (χ2v) is 5.98. The van der Waals surface area contributed by atoms with Gasteiger partial charge in [0.05, 0.1) is 18.9 Å². The lowest BCUT2D eigenvalue weighted by Crippen LogP contribution is -2.39. The van der Waals surface area contributed by atoms with Gasteiger partial charge in [0.2, 0.25) is 0 Å². The smallest absolute Gasteiger partial charge is 0.317 e. The Morgan fingerprint density at radius 2 is 2.04 bits per heavy atom. The van der Waals surface area contributed by atoms with E-state index in [1.165, 1.54) is 5.56 Å². The minimum absolute atomic E-state index is 0.0841. The van der Waals surface area contributed by atoms with Gasteiger partial charge in [-0.2, -0.15) is 0 Å². The molecular formula is C18H21FN4O2. The molecule has 0 saturated carbocycles. The molecule has 1 aliphatic heterocycles. The molecule has 2 aromatic rings. The van der Waals surface area contributed by atoms with Crippen LogP contribution in [0.2, 0.25) is 0 Å². The highest BCUT2D eigenvalue weighted by atomic mass is 19.1. The zero-order valence-corrected chi connectivity index (χ0v) is 13.9. The van der Waals surface area contributed by atoms with Crippen LogP contribution < -0.4 is 10.1 Å². The Bertz CT molecular complexity index is 681. The zero-order valence-electron chi connectivity index (χ0n) is 13.9. The molecule has 2 heterocycles. The summed E-state index contributed by atoms with van der Waals surface area (Å²) in [5.41, 5.74) is 1.27. The number of hydrogen-bond acceptors (Lipinski definition) is 4. The van der Waals surface area contributed by atoms with Gasteiger partial charge in [0.25, 0.3) is 0 Å². The van der Waals surface area contributed by atoms with Gasteiger partial charge in [-0.1, -0.05) is 30.3 Å². The molecule has 1 aromatic carbocycles. The minimum Gasteiger partial charge on any atom is -0.458 e. The van der Waals surface area contributed by atoms with E-state index < -0.39 is 5.82 Å². The first kappa shape index (κ1) is 17.1. The number of carbonyl (C=O) groups is 1. The molecule has 1 atom stereocenters. The molecule has 0 radical (unpaired) electrons. The average Bonchev–Trinajstić information content (AvgIpc) is 3.10. The molecular weight excluding hydrogens is 323 g/mol. The second-order valence-electron chi connectivity index (χ2n) is 5.98. The molecule has 0 aliphatic carbocycles. The molecule has 1 saturated heterocycles. The van der Waals surface area contributed by atoms with Crippen molar-refractivity contribution in [2.24, 2.45) is 0 Å². The first-order valence-electron chi connectivity index (χ1n) is 8.41. The van der Waals surface area contributed by atoms with E-state index in [0.717, 1.165) is 25.2 Å². The van der Waals surface area contributed by atoms with Crippen LogP contribution in [0.5, 0.6) is 6.01 Å². The van der Waals surface area contributed by atoms with Crippen molar-refractivity contribution in [2.45, 2.75) is 25.4 Å². The summed E-state index contributed by atoms with van der Waals surface area (Å²) in [6.07, 6.45) is 4.50. The topological polar surface area (TPSA) is 67.4 Å². The molecule has 1 aliphatic rings. The number of hydrogen-bond donors (Lipinski definition) is 1. The van der Waals surface area contributed by atoms with Crippen molar-refractivity contribution in [2.75, 3.05) is 19.6 Å². The Morgan fingerprint density at radius 3 is 2.80 bits per heavy atom.